The predicted molar refractivity (Wildman–Crippen MR) is 118 cm³/mol. The molecule has 0 aromatic carbocycles. The summed E-state index contributed by atoms with van der Waals surface area (Å²) < 4.78 is 1.71. The fourth-order valence-electron chi connectivity index (χ4n) is 2.89. The largest absolute Gasteiger partial charge is 0.493 e. The van der Waals surface area contributed by atoms with E-state index in [9.17, 15) is 5.11 Å². The second-order valence-corrected chi connectivity index (χ2v) is 7.90. The first-order chi connectivity index (χ1) is 13.5. The standard InChI is InChI=1S/C20H24ClN5OS/c1-4-6-7-26(5-2)8-9-28-20-24-17(19(27)25(20)3)10-14-12-22-18-16(14)11-15(21)13-23-18/h4,10-13,27H,1,5-9H2,2-3H3. The van der Waals surface area contributed by atoms with E-state index < -0.39 is 0 Å². The SMILES string of the molecule is C=CCCN(CC)CCSc1nc(C=C2C=Nc3ncc(Cl)cc32)c(O)n1C. The third-order valence-corrected chi connectivity index (χ3v) is 5.76. The Hall–Kier alpha value is -2.09. The van der Waals surface area contributed by atoms with Crippen molar-refractivity contribution in [2.24, 2.45) is 12.0 Å². The normalized spacial score (nSPS) is 14.2. The first-order valence-electron chi connectivity index (χ1n) is 9.16. The van der Waals surface area contributed by atoms with Gasteiger partial charge in [-0.25, -0.2) is 15.0 Å². The summed E-state index contributed by atoms with van der Waals surface area (Å²) in [7, 11) is 1.82. The molecule has 2 aromatic heterocycles. The molecule has 0 radical (unpaired) electrons. The number of hydrogen-bond donors (Lipinski definition) is 1. The van der Waals surface area contributed by atoms with Crippen molar-refractivity contribution in [1.82, 2.24) is 19.4 Å². The van der Waals surface area contributed by atoms with Crippen molar-refractivity contribution in [1.29, 1.82) is 0 Å². The van der Waals surface area contributed by atoms with E-state index >= 15 is 0 Å². The van der Waals surface area contributed by atoms with Crippen molar-refractivity contribution in [2.45, 2.75) is 18.5 Å². The Balaban J connectivity index is 1.72. The number of aliphatic imine (C=N–C) groups is 1. The van der Waals surface area contributed by atoms with Gasteiger partial charge in [-0.3, -0.25) is 4.57 Å². The molecule has 6 nitrogen and oxygen atoms in total. The highest BCUT2D eigenvalue weighted by Gasteiger charge is 2.18. The van der Waals surface area contributed by atoms with Crippen molar-refractivity contribution in [2.75, 3.05) is 25.4 Å². The summed E-state index contributed by atoms with van der Waals surface area (Å²) in [5, 5.41) is 11.8. The minimum absolute atomic E-state index is 0.130. The third kappa shape index (κ3) is 4.66. The monoisotopic (exact) mass is 417 g/mol. The molecule has 0 bridgehead atoms. The van der Waals surface area contributed by atoms with Gasteiger partial charge in [0.15, 0.2) is 11.0 Å². The van der Waals surface area contributed by atoms with Gasteiger partial charge < -0.3 is 10.0 Å². The number of halogens is 1. The second kappa shape index (κ2) is 9.41. The van der Waals surface area contributed by atoms with Crippen LogP contribution in [0.25, 0.3) is 11.6 Å². The van der Waals surface area contributed by atoms with E-state index in [0.29, 0.717) is 16.5 Å². The van der Waals surface area contributed by atoms with E-state index in [1.165, 1.54) is 0 Å². The molecule has 1 aliphatic rings. The first-order valence-corrected chi connectivity index (χ1v) is 10.5. The molecule has 0 aliphatic carbocycles. The highest BCUT2D eigenvalue weighted by atomic mass is 35.5. The molecule has 0 fully saturated rings. The Morgan fingerprint density at radius 1 is 1.39 bits per heavy atom. The molecule has 0 saturated heterocycles. The number of aromatic hydroxyl groups is 1. The van der Waals surface area contributed by atoms with Crippen LogP contribution in [0.4, 0.5) is 5.82 Å². The molecule has 28 heavy (non-hydrogen) atoms. The molecule has 0 spiro atoms. The fourth-order valence-corrected chi connectivity index (χ4v) is 4.03. The molecule has 148 valence electrons. The fraction of sp³-hybridized carbons (Fsp3) is 0.350. The van der Waals surface area contributed by atoms with Gasteiger partial charge in [-0.15, -0.1) is 6.58 Å². The summed E-state index contributed by atoms with van der Waals surface area (Å²) in [6.07, 6.45) is 8.03. The van der Waals surface area contributed by atoms with E-state index in [1.807, 2.05) is 25.3 Å². The molecular formula is C20H24ClN5OS. The second-order valence-electron chi connectivity index (χ2n) is 6.40. The van der Waals surface area contributed by atoms with Crippen LogP contribution in [0.1, 0.15) is 24.6 Å². The number of imidazole rings is 1. The molecule has 1 N–H and O–H groups in total. The number of rotatable bonds is 9. The molecule has 0 amide bonds. The van der Waals surface area contributed by atoms with E-state index in [4.69, 9.17) is 11.6 Å². The summed E-state index contributed by atoms with van der Waals surface area (Å²) in [6.45, 7) is 8.92. The summed E-state index contributed by atoms with van der Waals surface area (Å²) in [5.41, 5.74) is 2.18. The lowest BCUT2D eigenvalue weighted by Crippen LogP contribution is -2.26. The third-order valence-electron chi connectivity index (χ3n) is 4.55. The zero-order chi connectivity index (χ0) is 20.1. The molecule has 1 aliphatic heterocycles. The minimum atomic E-state index is 0.130. The maximum Gasteiger partial charge on any atom is 0.219 e. The molecule has 3 rings (SSSR count). The van der Waals surface area contributed by atoms with Gasteiger partial charge in [-0.1, -0.05) is 36.4 Å². The number of nitrogens with zero attached hydrogens (tertiary/aromatic N) is 5. The lowest BCUT2D eigenvalue weighted by molar-refractivity contribution is 0.312. The highest BCUT2D eigenvalue weighted by molar-refractivity contribution is 7.99. The molecule has 3 heterocycles. The average Bonchev–Trinajstić information content (AvgIpc) is 3.20. The van der Waals surface area contributed by atoms with Crippen LogP contribution in [-0.2, 0) is 7.05 Å². The van der Waals surface area contributed by atoms with Gasteiger partial charge in [0.2, 0.25) is 5.88 Å². The Kier molecular flexibility index (Phi) is 6.93. The maximum atomic E-state index is 10.5. The van der Waals surface area contributed by atoms with Gasteiger partial charge in [0.05, 0.1) is 5.02 Å². The van der Waals surface area contributed by atoms with Crippen LogP contribution in [0, 0.1) is 0 Å². The van der Waals surface area contributed by atoms with E-state index in [2.05, 4.69) is 33.4 Å². The quantitative estimate of drug-likeness (QED) is 0.483. The number of hydrogen-bond acceptors (Lipinski definition) is 6. The summed E-state index contributed by atoms with van der Waals surface area (Å²) in [5.74, 6) is 1.65. The summed E-state index contributed by atoms with van der Waals surface area (Å²) in [4.78, 5) is 15.5. The van der Waals surface area contributed by atoms with Crippen LogP contribution in [0.15, 0.2) is 35.1 Å². The smallest absolute Gasteiger partial charge is 0.219 e. The van der Waals surface area contributed by atoms with Crippen molar-refractivity contribution in [3.05, 3.63) is 41.2 Å². The van der Waals surface area contributed by atoms with Crippen LogP contribution in [0.5, 0.6) is 5.88 Å². The van der Waals surface area contributed by atoms with Crippen LogP contribution in [0.3, 0.4) is 0 Å². The van der Waals surface area contributed by atoms with Crippen LogP contribution >= 0.6 is 23.4 Å². The minimum Gasteiger partial charge on any atom is -0.493 e. The lowest BCUT2D eigenvalue weighted by Gasteiger charge is -2.18. The molecule has 8 heteroatoms. The van der Waals surface area contributed by atoms with Crippen LogP contribution < -0.4 is 0 Å². The predicted octanol–water partition coefficient (Wildman–Crippen LogP) is 4.42. The number of allylic oxidation sites excluding steroid dienone is 1. The van der Waals surface area contributed by atoms with Crippen LogP contribution in [-0.4, -0.2) is 56.1 Å². The number of fused-ring (bicyclic) bond motifs is 1. The zero-order valence-corrected chi connectivity index (χ0v) is 17.7. The molecular weight excluding hydrogens is 394 g/mol. The van der Waals surface area contributed by atoms with Crippen molar-refractivity contribution >= 4 is 47.0 Å². The Morgan fingerprint density at radius 3 is 2.96 bits per heavy atom. The lowest BCUT2D eigenvalue weighted by atomic mass is 10.1. The van der Waals surface area contributed by atoms with Gasteiger partial charge >= 0.3 is 0 Å². The maximum absolute atomic E-state index is 10.5. The van der Waals surface area contributed by atoms with E-state index in [-0.39, 0.29) is 5.88 Å². The average molecular weight is 418 g/mol. The summed E-state index contributed by atoms with van der Waals surface area (Å²) in [6, 6.07) is 1.82. The summed E-state index contributed by atoms with van der Waals surface area (Å²) >= 11 is 7.68. The zero-order valence-electron chi connectivity index (χ0n) is 16.1. The molecule has 0 saturated carbocycles. The van der Waals surface area contributed by atoms with Crippen molar-refractivity contribution in [3.63, 3.8) is 0 Å². The van der Waals surface area contributed by atoms with Crippen LogP contribution in [0.2, 0.25) is 5.02 Å². The Labute approximate surface area is 174 Å². The van der Waals surface area contributed by atoms with Gasteiger partial charge in [-0.05, 0) is 25.1 Å². The van der Waals surface area contributed by atoms with Gasteiger partial charge in [0, 0.05) is 49.4 Å². The van der Waals surface area contributed by atoms with Gasteiger partial charge in [0.25, 0.3) is 0 Å². The van der Waals surface area contributed by atoms with Crippen molar-refractivity contribution < 1.29 is 5.11 Å². The Bertz CT molecular complexity index is 922. The van der Waals surface area contributed by atoms with Crippen molar-refractivity contribution in [3.8, 4) is 5.88 Å². The first kappa shape index (κ1) is 20.6. The molecule has 0 atom stereocenters. The van der Waals surface area contributed by atoms with E-state index in [1.54, 1.807) is 28.7 Å². The number of thioether (sulfide) groups is 1. The van der Waals surface area contributed by atoms with Gasteiger partial charge in [0.1, 0.15) is 5.69 Å². The highest BCUT2D eigenvalue weighted by Crippen LogP contribution is 2.34. The molecule has 0 unspecified atom stereocenters. The number of aromatic nitrogens is 3. The topological polar surface area (TPSA) is 66.5 Å². The van der Waals surface area contributed by atoms with E-state index in [0.717, 1.165) is 48.1 Å². The molecule has 2 aromatic rings. The van der Waals surface area contributed by atoms with Gasteiger partial charge in [-0.2, -0.15) is 0 Å². The Morgan fingerprint density at radius 2 is 2.21 bits per heavy atom. The number of pyridine rings is 1.